The van der Waals surface area contributed by atoms with Crippen molar-refractivity contribution < 1.29 is 8.78 Å². The van der Waals surface area contributed by atoms with E-state index in [1.54, 1.807) is 11.3 Å². The second-order valence-electron chi connectivity index (χ2n) is 4.06. The van der Waals surface area contributed by atoms with Gasteiger partial charge in [-0.1, -0.05) is 19.9 Å². The van der Waals surface area contributed by atoms with Crippen molar-refractivity contribution in [3.63, 3.8) is 0 Å². The van der Waals surface area contributed by atoms with Gasteiger partial charge in [0.25, 0.3) is 6.43 Å². The van der Waals surface area contributed by atoms with Crippen LogP contribution in [0.15, 0.2) is 41.1 Å². The fraction of sp³-hybridized carbons (Fsp3) is 0.400. The van der Waals surface area contributed by atoms with Crippen molar-refractivity contribution in [2.45, 2.75) is 40.0 Å². The molecular formula is C15H19F2NS. The first-order valence-corrected chi connectivity index (χ1v) is 7.18. The van der Waals surface area contributed by atoms with Gasteiger partial charge in [0.2, 0.25) is 0 Å². The lowest BCUT2D eigenvalue weighted by Gasteiger charge is -1.98. The molecule has 0 bridgehead atoms. The molecule has 0 aromatic carbocycles. The summed E-state index contributed by atoms with van der Waals surface area (Å²) >= 11 is 1.69. The van der Waals surface area contributed by atoms with Crippen LogP contribution in [-0.2, 0) is 6.42 Å². The van der Waals surface area contributed by atoms with Crippen LogP contribution in [0.1, 0.15) is 36.9 Å². The molecule has 0 fully saturated rings. The van der Waals surface area contributed by atoms with Crippen molar-refractivity contribution in [3.05, 3.63) is 45.8 Å². The summed E-state index contributed by atoms with van der Waals surface area (Å²) in [6.45, 7) is 5.83. The van der Waals surface area contributed by atoms with Gasteiger partial charge in [0.05, 0.1) is 5.71 Å². The molecule has 0 spiro atoms. The van der Waals surface area contributed by atoms with Gasteiger partial charge in [0, 0.05) is 21.5 Å². The molecule has 1 aromatic rings. The summed E-state index contributed by atoms with van der Waals surface area (Å²) in [5.41, 5.74) is 0.880. The molecule has 104 valence electrons. The van der Waals surface area contributed by atoms with E-state index in [0.717, 1.165) is 17.0 Å². The maximum absolute atomic E-state index is 12.6. The molecule has 19 heavy (non-hydrogen) atoms. The van der Waals surface area contributed by atoms with Crippen molar-refractivity contribution in [3.8, 4) is 0 Å². The zero-order chi connectivity index (χ0) is 14.3. The average Bonchev–Trinajstić information content (AvgIpc) is 2.86. The predicted molar refractivity (Wildman–Crippen MR) is 79.4 cm³/mol. The molecule has 0 saturated carbocycles. The van der Waals surface area contributed by atoms with Gasteiger partial charge in [-0.25, -0.2) is 8.78 Å². The maximum Gasteiger partial charge on any atom is 0.263 e. The van der Waals surface area contributed by atoms with Crippen LogP contribution in [0.2, 0.25) is 0 Å². The summed E-state index contributed by atoms with van der Waals surface area (Å²) in [6, 6.07) is 4.09. The molecule has 1 heterocycles. The minimum Gasteiger partial charge on any atom is -0.260 e. The van der Waals surface area contributed by atoms with E-state index in [1.165, 1.54) is 23.2 Å². The van der Waals surface area contributed by atoms with Gasteiger partial charge in [-0.3, -0.25) is 4.99 Å². The Bertz CT molecular complexity index is 484. The monoisotopic (exact) mass is 283 g/mol. The summed E-state index contributed by atoms with van der Waals surface area (Å²) in [7, 11) is 0. The third-order valence-electron chi connectivity index (χ3n) is 2.59. The summed E-state index contributed by atoms with van der Waals surface area (Å²) in [5, 5.41) is 0. The van der Waals surface area contributed by atoms with Gasteiger partial charge in [0.1, 0.15) is 0 Å². The third kappa shape index (κ3) is 5.07. The first kappa shape index (κ1) is 15.8. The van der Waals surface area contributed by atoms with E-state index >= 15 is 0 Å². The number of allylic oxidation sites excluding steroid dienone is 3. The molecule has 0 saturated heterocycles. The largest absolute Gasteiger partial charge is 0.263 e. The Labute approximate surface area is 117 Å². The SMILES string of the molecule is CC/C=C(/C=C\N=C(C)c1ccc(CC)s1)C(F)F. The molecule has 0 aliphatic rings. The van der Waals surface area contributed by atoms with Crippen LogP contribution in [0.3, 0.4) is 0 Å². The molecule has 0 aliphatic carbocycles. The van der Waals surface area contributed by atoms with Crippen molar-refractivity contribution >= 4 is 17.0 Å². The highest BCUT2D eigenvalue weighted by atomic mass is 32.1. The molecule has 0 amide bonds. The summed E-state index contributed by atoms with van der Waals surface area (Å²) < 4.78 is 25.2. The van der Waals surface area contributed by atoms with E-state index < -0.39 is 6.43 Å². The van der Waals surface area contributed by atoms with Crippen molar-refractivity contribution in [2.75, 3.05) is 0 Å². The van der Waals surface area contributed by atoms with Gasteiger partial charge in [-0.05, 0) is 38.0 Å². The van der Waals surface area contributed by atoms with Crippen LogP contribution in [0.25, 0.3) is 0 Å². The lowest BCUT2D eigenvalue weighted by Crippen LogP contribution is -1.93. The zero-order valence-electron chi connectivity index (χ0n) is 11.5. The topological polar surface area (TPSA) is 12.4 Å². The van der Waals surface area contributed by atoms with Crippen molar-refractivity contribution in [2.24, 2.45) is 4.99 Å². The Balaban J connectivity index is 2.77. The smallest absolute Gasteiger partial charge is 0.260 e. The van der Waals surface area contributed by atoms with Crippen LogP contribution >= 0.6 is 11.3 Å². The standard InChI is InChI=1S/C15H19F2NS/c1-4-6-12(15(16)17)9-10-18-11(3)14-8-7-13(5-2)19-14/h6-10,15H,4-5H2,1-3H3/b10-9-,12-6-,18-11?. The number of nitrogens with zero attached hydrogens (tertiary/aromatic N) is 1. The van der Waals surface area contributed by atoms with Crippen LogP contribution in [-0.4, -0.2) is 12.1 Å². The van der Waals surface area contributed by atoms with Crippen molar-refractivity contribution in [1.82, 2.24) is 0 Å². The maximum atomic E-state index is 12.6. The lowest BCUT2D eigenvalue weighted by atomic mass is 10.2. The van der Waals surface area contributed by atoms with Gasteiger partial charge in [-0.2, -0.15) is 0 Å². The number of hydrogen-bond acceptors (Lipinski definition) is 2. The summed E-state index contributed by atoms with van der Waals surface area (Å²) in [4.78, 5) is 6.60. The molecule has 0 atom stereocenters. The van der Waals surface area contributed by atoms with E-state index in [1.807, 2.05) is 19.9 Å². The number of hydrogen-bond donors (Lipinski definition) is 0. The summed E-state index contributed by atoms with van der Waals surface area (Å²) in [6.07, 6.45) is 3.51. The van der Waals surface area contributed by atoms with Crippen LogP contribution < -0.4 is 0 Å². The third-order valence-corrected chi connectivity index (χ3v) is 3.93. The number of aliphatic imine (C=N–C) groups is 1. The van der Waals surface area contributed by atoms with Crippen LogP contribution in [0.5, 0.6) is 0 Å². The number of alkyl halides is 2. The first-order chi connectivity index (χ1) is 9.08. The molecular weight excluding hydrogens is 264 g/mol. The molecule has 0 radical (unpaired) electrons. The van der Waals surface area contributed by atoms with E-state index in [4.69, 9.17) is 0 Å². The quantitative estimate of drug-likeness (QED) is 0.500. The second-order valence-corrected chi connectivity index (χ2v) is 5.23. The van der Waals surface area contributed by atoms with Gasteiger partial charge < -0.3 is 0 Å². The van der Waals surface area contributed by atoms with Gasteiger partial charge in [0.15, 0.2) is 0 Å². The highest BCUT2D eigenvalue weighted by Gasteiger charge is 2.06. The minimum atomic E-state index is -2.44. The van der Waals surface area contributed by atoms with E-state index in [0.29, 0.717) is 6.42 Å². The van der Waals surface area contributed by atoms with Crippen LogP contribution in [0, 0.1) is 0 Å². The van der Waals surface area contributed by atoms with E-state index in [-0.39, 0.29) is 5.57 Å². The molecule has 1 aromatic heterocycles. The average molecular weight is 283 g/mol. The van der Waals surface area contributed by atoms with E-state index in [2.05, 4.69) is 18.0 Å². The number of halogens is 2. The summed E-state index contributed by atoms with van der Waals surface area (Å²) in [5.74, 6) is 0. The molecule has 4 heteroatoms. The Morgan fingerprint density at radius 3 is 2.63 bits per heavy atom. The molecule has 0 unspecified atom stereocenters. The first-order valence-electron chi connectivity index (χ1n) is 6.36. The second kappa shape index (κ2) is 8.00. The van der Waals surface area contributed by atoms with Gasteiger partial charge in [-0.15, -0.1) is 11.3 Å². The molecule has 0 N–H and O–H groups in total. The Kier molecular flexibility index (Phi) is 6.64. The molecule has 0 aliphatic heterocycles. The predicted octanol–water partition coefficient (Wildman–Crippen LogP) is 5.23. The Morgan fingerprint density at radius 2 is 2.11 bits per heavy atom. The lowest BCUT2D eigenvalue weighted by molar-refractivity contribution is 0.193. The Morgan fingerprint density at radius 1 is 1.37 bits per heavy atom. The molecule has 1 rings (SSSR count). The minimum absolute atomic E-state index is 0.0273. The van der Waals surface area contributed by atoms with Gasteiger partial charge >= 0.3 is 0 Å². The fourth-order valence-electron chi connectivity index (χ4n) is 1.53. The van der Waals surface area contributed by atoms with Crippen molar-refractivity contribution in [1.29, 1.82) is 0 Å². The fourth-order valence-corrected chi connectivity index (χ4v) is 2.43. The number of thiophene rings is 1. The highest BCUT2D eigenvalue weighted by Crippen LogP contribution is 2.18. The molecule has 1 nitrogen and oxygen atoms in total. The van der Waals surface area contributed by atoms with Crippen LogP contribution in [0.4, 0.5) is 8.78 Å². The highest BCUT2D eigenvalue weighted by molar-refractivity contribution is 7.14. The Hall–Kier alpha value is -1.29. The normalized spacial score (nSPS) is 13.8. The number of rotatable bonds is 6. The zero-order valence-corrected chi connectivity index (χ0v) is 12.3. The van der Waals surface area contributed by atoms with E-state index in [9.17, 15) is 8.78 Å². The number of aryl methyl sites for hydroxylation is 1.